The molecule has 0 spiro atoms. The van der Waals surface area contributed by atoms with E-state index in [2.05, 4.69) is 10.5 Å². The van der Waals surface area contributed by atoms with E-state index in [9.17, 15) is 9.90 Å². The second kappa shape index (κ2) is 5.93. The van der Waals surface area contributed by atoms with E-state index in [0.717, 1.165) is 5.69 Å². The maximum Gasteiger partial charge on any atom is 0.240 e. The standard InChI is InChI=1S/C14H25N3O3/c1-13(2,3)10-7-12(20-16-10)15-11(18)8-17(6)9-14(4,5)19/h7,19H,8-9H2,1-6H3,(H,15,18). The molecule has 0 aliphatic heterocycles. The number of hydrogen-bond acceptors (Lipinski definition) is 5. The number of amides is 1. The Kier molecular flexibility index (Phi) is 4.94. The monoisotopic (exact) mass is 283 g/mol. The lowest BCUT2D eigenvalue weighted by Crippen LogP contribution is -2.40. The van der Waals surface area contributed by atoms with Crippen LogP contribution in [0.15, 0.2) is 10.6 Å². The van der Waals surface area contributed by atoms with Crippen LogP contribution in [0.1, 0.15) is 40.3 Å². The van der Waals surface area contributed by atoms with Crippen molar-refractivity contribution in [3.05, 3.63) is 11.8 Å². The molecule has 0 aromatic carbocycles. The van der Waals surface area contributed by atoms with Crippen molar-refractivity contribution in [3.63, 3.8) is 0 Å². The van der Waals surface area contributed by atoms with Gasteiger partial charge in [0.2, 0.25) is 11.8 Å². The minimum atomic E-state index is -0.833. The summed E-state index contributed by atoms with van der Waals surface area (Å²) in [6, 6.07) is 1.73. The maximum atomic E-state index is 11.8. The van der Waals surface area contributed by atoms with Crippen LogP contribution in [0, 0.1) is 0 Å². The van der Waals surface area contributed by atoms with Crippen LogP contribution >= 0.6 is 0 Å². The summed E-state index contributed by atoms with van der Waals surface area (Å²) >= 11 is 0. The molecule has 2 N–H and O–H groups in total. The summed E-state index contributed by atoms with van der Waals surface area (Å²) in [4.78, 5) is 13.6. The van der Waals surface area contributed by atoms with Gasteiger partial charge in [0.15, 0.2) is 0 Å². The Morgan fingerprint density at radius 3 is 2.45 bits per heavy atom. The summed E-state index contributed by atoms with van der Waals surface area (Å²) in [6.07, 6.45) is 0. The third-order valence-corrected chi connectivity index (χ3v) is 2.61. The highest BCUT2D eigenvalue weighted by Gasteiger charge is 2.21. The summed E-state index contributed by atoms with van der Waals surface area (Å²) in [7, 11) is 1.78. The predicted octanol–water partition coefficient (Wildman–Crippen LogP) is 1.61. The van der Waals surface area contributed by atoms with Crippen LogP contribution in [0.2, 0.25) is 0 Å². The lowest BCUT2D eigenvalue weighted by Gasteiger charge is -2.24. The van der Waals surface area contributed by atoms with Gasteiger partial charge in [0.05, 0.1) is 17.8 Å². The molecular formula is C14H25N3O3. The summed E-state index contributed by atoms with van der Waals surface area (Å²) in [5, 5.41) is 16.3. The van der Waals surface area contributed by atoms with Crippen molar-refractivity contribution in [2.24, 2.45) is 0 Å². The van der Waals surface area contributed by atoms with E-state index in [-0.39, 0.29) is 17.9 Å². The van der Waals surface area contributed by atoms with Gasteiger partial charge < -0.3 is 9.63 Å². The Morgan fingerprint density at radius 1 is 1.40 bits per heavy atom. The van der Waals surface area contributed by atoms with Crippen LogP contribution in [0.5, 0.6) is 0 Å². The smallest absolute Gasteiger partial charge is 0.240 e. The zero-order valence-corrected chi connectivity index (χ0v) is 13.1. The quantitative estimate of drug-likeness (QED) is 0.858. The lowest BCUT2D eigenvalue weighted by atomic mass is 9.92. The van der Waals surface area contributed by atoms with Gasteiger partial charge in [0.25, 0.3) is 0 Å². The molecule has 1 rings (SSSR count). The van der Waals surface area contributed by atoms with Gasteiger partial charge in [0.1, 0.15) is 0 Å². The molecule has 0 fully saturated rings. The van der Waals surface area contributed by atoms with Crippen LogP contribution < -0.4 is 5.32 Å². The molecule has 0 atom stereocenters. The number of nitrogens with one attached hydrogen (secondary N) is 1. The van der Waals surface area contributed by atoms with Gasteiger partial charge in [-0.05, 0) is 20.9 Å². The average Bonchev–Trinajstić information content (AvgIpc) is 2.61. The molecule has 6 nitrogen and oxygen atoms in total. The molecule has 1 amide bonds. The van der Waals surface area contributed by atoms with Gasteiger partial charge in [-0.3, -0.25) is 15.0 Å². The number of rotatable bonds is 5. The Balaban J connectivity index is 2.53. The van der Waals surface area contributed by atoms with Crippen LogP contribution in [-0.4, -0.2) is 46.8 Å². The number of anilines is 1. The molecule has 6 heteroatoms. The van der Waals surface area contributed by atoms with Crippen molar-refractivity contribution in [1.29, 1.82) is 0 Å². The first-order valence-corrected chi connectivity index (χ1v) is 6.65. The number of aromatic nitrogens is 1. The second-order valence-electron chi connectivity index (χ2n) is 6.86. The zero-order valence-electron chi connectivity index (χ0n) is 13.1. The molecule has 20 heavy (non-hydrogen) atoms. The van der Waals surface area contributed by atoms with E-state index in [0.29, 0.717) is 12.4 Å². The van der Waals surface area contributed by atoms with E-state index in [4.69, 9.17) is 4.52 Å². The van der Waals surface area contributed by atoms with Crippen LogP contribution in [0.25, 0.3) is 0 Å². The molecule has 1 aromatic rings. The molecule has 114 valence electrons. The topological polar surface area (TPSA) is 78.6 Å². The minimum absolute atomic E-state index is 0.121. The molecule has 0 unspecified atom stereocenters. The summed E-state index contributed by atoms with van der Waals surface area (Å²) < 4.78 is 5.09. The molecule has 0 saturated carbocycles. The molecule has 0 radical (unpaired) electrons. The fourth-order valence-electron chi connectivity index (χ4n) is 1.83. The molecule has 0 aliphatic carbocycles. The largest absolute Gasteiger partial charge is 0.389 e. The SMILES string of the molecule is CN(CC(=O)Nc1cc(C(C)(C)C)no1)CC(C)(C)O. The summed E-state index contributed by atoms with van der Waals surface area (Å²) in [5.74, 6) is 0.143. The lowest BCUT2D eigenvalue weighted by molar-refractivity contribution is -0.117. The Hall–Kier alpha value is -1.40. The number of hydrogen-bond donors (Lipinski definition) is 2. The number of aliphatic hydroxyl groups is 1. The highest BCUT2D eigenvalue weighted by Crippen LogP contribution is 2.23. The van der Waals surface area contributed by atoms with Crippen molar-refractivity contribution in [2.45, 2.75) is 45.6 Å². The molecule has 0 aliphatic rings. The van der Waals surface area contributed by atoms with Gasteiger partial charge in [-0.15, -0.1) is 0 Å². The van der Waals surface area contributed by atoms with Gasteiger partial charge >= 0.3 is 0 Å². The van der Waals surface area contributed by atoms with Gasteiger partial charge in [-0.1, -0.05) is 25.9 Å². The first-order chi connectivity index (χ1) is 8.97. The summed E-state index contributed by atoms with van der Waals surface area (Å²) in [5.41, 5.74) is -0.164. The molecule has 1 aromatic heterocycles. The average molecular weight is 283 g/mol. The molecule has 1 heterocycles. The van der Waals surface area contributed by atoms with Crippen molar-refractivity contribution in [3.8, 4) is 0 Å². The van der Waals surface area contributed by atoms with Crippen LogP contribution in [-0.2, 0) is 10.2 Å². The Labute approximate surface area is 120 Å². The summed E-state index contributed by atoms with van der Waals surface area (Å²) in [6.45, 7) is 10.1. The second-order valence-corrected chi connectivity index (χ2v) is 6.86. The number of likely N-dealkylation sites (N-methyl/N-ethyl adjacent to an activating group) is 1. The van der Waals surface area contributed by atoms with E-state index in [1.54, 1.807) is 31.9 Å². The Morgan fingerprint density at radius 2 is 2.00 bits per heavy atom. The first kappa shape index (κ1) is 16.7. The minimum Gasteiger partial charge on any atom is -0.389 e. The Bertz CT molecular complexity index is 455. The van der Waals surface area contributed by atoms with Gasteiger partial charge in [0, 0.05) is 18.0 Å². The van der Waals surface area contributed by atoms with E-state index in [1.165, 1.54) is 0 Å². The highest BCUT2D eigenvalue weighted by atomic mass is 16.5. The molecular weight excluding hydrogens is 258 g/mol. The van der Waals surface area contributed by atoms with Crippen molar-refractivity contribution < 1.29 is 14.4 Å². The van der Waals surface area contributed by atoms with Gasteiger partial charge in [-0.25, -0.2) is 0 Å². The number of nitrogens with zero attached hydrogens (tertiary/aromatic N) is 2. The van der Waals surface area contributed by atoms with Gasteiger partial charge in [-0.2, -0.15) is 0 Å². The normalized spacial score (nSPS) is 12.8. The van der Waals surface area contributed by atoms with Crippen LogP contribution in [0.4, 0.5) is 5.88 Å². The van der Waals surface area contributed by atoms with Crippen molar-refractivity contribution >= 4 is 11.8 Å². The fraction of sp³-hybridized carbons (Fsp3) is 0.714. The third-order valence-electron chi connectivity index (χ3n) is 2.61. The van der Waals surface area contributed by atoms with E-state index >= 15 is 0 Å². The number of carbonyl (C=O) groups excluding carboxylic acids is 1. The van der Waals surface area contributed by atoms with Crippen molar-refractivity contribution in [1.82, 2.24) is 10.1 Å². The highest BCUT2D eigenvalue weighted by molar-refractivity contribution is 5.90. The zero-order chi connectivity index (χ0) is 15.6. The van der Waals surface area contributed by atoms with E-state index in [1.807, 2.05) is 20.8 Å². The molecule has 0 saturated heterocycles. The van der Waals surface area contributed by atoms with Crippen LogP contribution in [0.3, 0.4) is 0 Å². The van der Waals surface area contributed by atoms with E-state index < -0.39 is 5.60 Å². The first-order valence-electron chi connectivity index (χ1n) is 6.65. The van der Waals surface area contributed by atoms with Crippen molar-refractivity contribution in [2.75, 3.05) is 25.5 Å². The number of carbonyl (C=O) groups is 1. The predicted molar refractivity (Wildman–Crippen MR) is 77.6 cm³/mol. The third kappa shape index (κ3) is 5.71. The fourth-order valence-corrected chi connectivity index (χ4v) is 1.83. The molecule has 0 bridgehead atoms. The maximum absolute atomic E-state index is 11.8.